The summed E-state index contributed by atoms with van der Waals surface area (Å²) in [7, 11) is 0. The summed E-state index contributed by atoms with van der Waals surface area (Å²) in [5.74, 6) is -0.185. The van der Waals surface area contributed by atoms with Crippen molar-refractivity contribution in [3.05, 3.63) is 12.2 Å². The van der Waals surface area contributed by atoms with E-state index in [0.717, 1.165) is 19.3 Å². The van der Waals surface area contributed by atoms with Crippen molar-refractivity contribution >= 4 is 5.97 Å². The third-order valence-corrected chi connectivity index (χ3v) is 1.69. The number of ether oxygens (including phenoxy) is 1. The monoisotopic (exact) mass is 198 g/mol. The van der Waals surface area contributed by atoms with Crippen LogP contribution in [0.4, 0.5) is 0 Å². The third-order valence-electron chi connectivity index (χ3n) is 1.69. The number of carbonyl (C=O) groups is 1. The zero-order chi connectivity index (χ0) is 11.0. The van der Waals surface area contributed by atoms with E-state index < -0.39 is 0 Å². The van der Waals surface area contributed by atoms with E-state index in [1.807, 2.05) is 0 Å². The molecule has 0 aliphatic heterocycles. The highest BCUT2D eigenvalue weighted by Crippen LogP contribution is 2.15. The van der Waals surface area contributed by atoms with Crippen molar-refractivity contribution in [2.24, 2.45) is 5.41 Å². The van der Waals surface area contributed by atoms with Gasteiger partial charge in [-0.3, -0.25) is 4.79 Å². The number of allylic oxidation sites excluding steroid dienone is 2. The lowest BCUT2D eigenvalue weighted by atomic mass is 9.96. The van der Waals surface area contributed by atoms with Gasteiger partial charge in [0.25, 0.3) is 0 Å². The maximum Gasteiger partial charge on any atom is 0.302 e. The van der Waals surface area contributed by atoms with E-state index in [9.17, 15) is 4.79 Å². The zero-order valence-electron chi connectivity index (χ0n) is 9.80. The second-order valence-electron chi connectivity index (χ2n) is 4.60. The molecule has 0 amide bonds. The number of unbranched alkanes of at least 4 members (excludes halogenated alkanes) is 2. The molecular weight excluding hydrogens is 176 g/mol. The van der Waals surface area contributed by atoms with E-state index in [2.05, 4.69) is 32.9 Å². The summed E-state index contributed by atoms with van der Waals surface area (Å²) in [6, 6.07) is 0. The van der Waals surface area contributed by atoms with Crippen LogP contribution in [-0.4, -0.2) is 12.6 Å². The van der Waals surface area contributed by atoms with E-state index in [1.54, 1.807) is 0 Å². The first-order chi connectivity index (χ1) is 6.42. The number of rotatable bonds is 5. The van der Waals surface area contributed by atoms with Crippen LogP contribution in [0, 0.1) is 5.41 Å². The number of hydrogen-bond acceptors (Lipinski definition) is 2. The Labute approximate surface area is 87.3 Å². The molecule has 0 saturated heterocycles. The van der Waals surface area contributed by atoms with Crippen molar-refractivity contribution in [3.8, 4) is 0 Å². The van der Waals surface area contributed by atoms with Gasteiger partial charge < -0.3 is 4.74 Å². The maximum atomic E-state index is 10.4. The molecule has 2 heteroatoms. The van der Waals surface area contributed by atoms with Crippen LogP contribution in [0.25, 0.3) is 0 Å². The van der Waals surface area contributed by atoms with Crippen LogP contribution >= 0.6 is 0 Å². The van der Waals surface area contributed by atoms with Crippen molar-refractivity contribution in [1.29, 1.82) is 0 Å². The topological polar surface area (TPSA) is 26.3 Å². The van der Waals surface area contributed by atoms with Gasteiger partial charge in [0, 0.05) is 6.92 Å². The van der Waals surface area contributed by atoms with Crippen LogP contribution in [0.3, 0.4) is 0 Å². The lowest BCUT2D eigenvalue weighted by molar-refractivity contribution is -0.141. The minimum Gasteiger partial charge on any atom is -0.466 e. The van der Waals surface area contributed by atoms with E-state index in [-0.39, 0.29) is 11.4 Å². The van der Waals surface area contributed by atoms with Crippen LogP contribution in [0.15, 0.2) is 12.2 Å². The molecule has 0 aliphatic carbocycles. The quantitative estimate of drug-likeness (QED) is 0.385. The van der Waals surface area contributed by atoms with Crippen LogP contribution < -0.4 is 0 Å². The molecule has 0 aromatic carbocycles. The molecule has 0 unspecified atom stereocenters. The van der Waals surface area contributed by atoms with Crippen molar-refractivity contribution in [2.45, 2.75) is 47.0 Å². The van der Waals surface area contributed by atoms with Crippen molar-refractivity contribution in [2.75, 3.05) is 6.61 Å². The van der Waals surface area contributed by atoms with E-state index in [4.69, 9.17) is 4.74 Å². The highest BCUT2D eigenvalue weighted by Gasteiger charge is 2.02. The second kappa shape index (κ2) is 6.63. The third kappa shape index (κ3) is 11.2. The van der Waals surface area contributed by atoms with Gasteiger partial charge in [-0.2, -0.15) is 0 Å². The zero-order valence-corrected chi connectivity index (χ0v) is 9.80. The number of carbonyl (C=O) groups excluding carboxylic acids is 1. The Morgan fingerprint density at radius 2 is 1.93 bits per heavy atom. The summed E-state index contributed by atoms with van der Waals surface area (Å²) in [5, 5.41) is 0. The van der Waals surface area contributed by atoms with Crippen LogP contribution in [0.5, 0.6) is 0 Å². The van der Waals surface area contributed by atoms with Crippen molar-refractivity contribution in [1.82, 2.24) is 0 Å². The van der Waals surface area contributed by atoms with Crippen molar-refractivity contribution in [3.63, 3.8) is 0 Å². The van der Waals surface area contributed by atoms with Gasteiger partial charge in [-0.15, -0.1) is 0 Å². The van der Waals surface area contributed by atoms with Crippen LogP contribution in [0.2, 0.25) is 0 Å². The van der Waals surface area contributed by atoms with E-state index >= 15 is 0 Å². The van der Waals surface area contributed by atoms with Gasteiger partial charge >= 0.3 is 5.97 Å². The molecule has 0 heterocycles. The predicted octanol–water partition coefficient (Wildman–Crippen LogP) is 3.32. The first-order valence-corrected chi connectivity index (χ1v) is 5.23. The van der Waals surface area contributed by atoms with E-state index in [1.165, 1.54) is 6.92 Å². The largest absolute Gasteiger partial charge is 0.466 e. The lowest BCUT2D eigenvalue weighted by Crippen LogP contribution is -2.00. The Balaban J connectivity index is 3.30. The SMILES string of the molecule is CC(=O)OCCCCC=CC(C)(C)C. The summed E-state index contributed by atoms with van der Waals surface area (Å²) in [5.41, 5.74) is 0.274. The van der Waals surface area contributed by atoms with E-state index in [0.29, 0.717) is 6.61 Å². The molecule has 0 saturated carbocycles. The first-order valence-electron chi connectivity index (χ1n) is 5.23. The molecule has 82 valence electrons. The molecule has 0 atom stereocenters. The molecule has 0 aliphatic rings. The summed E-state index contributed by atoms with van der Waals surface area (Å²) in [6.07, 6.45) is 7.53. The average Bonchev–Trinajstić information content (AvgIpc) is 2.00. The van der Waals surface area contributed by atoms with Gasteiger partial charge in [0.05, 0.1) is 6.61 Å². The Kier molecular flexibility index (Phi) is 6.26. The summed E-state index contributed by atoms with van der Waals surface area (Å²) in [6.45, 7) is 8.55. The van der Waals surface area contributed by atoms with Crippen LogP contribution in [-0.2, 0) is 9.53 Å². The van der Waals surface area contributed by atoms with Gasteiger partial charge in [0.1, 0.15) is 0 Å². The average molecular weight is 198 g/mol. The molecule has 0 aromatic rings. The molecule has 0 rings (SSSR count). The van der Waals surface area contributed by atoms with Crippen molar-refractivity contribution < 1.29 is 9.53 Å². The Morgan fingerprint density at radius 3 is 2.43 bits per heavy atom. The summed E-state index contributed by atoms with van der Waals surface area (Å²) < 4.78 is 4.83. The van der Waals surface area contributed by atoms with Gasteiger partial charge in [-0.05, 0) is 24.7 Å². The summed E-state index contributed by atoms with van der Waals surface area (Å²) in [4.78, 5) is 10.4. The summed E-state index contributed by atoms with van der Waals surface area (Å²) >= 11 is 0. The fraction of sp³-hybridized carbons (Fsp3) is 0.750. The Hall–Kier alpha value is -0.790. The normalized spacial score (nSPS) is 12.0. The highest BCUT2D eigenvalue weighted by molar-refractivity contribution is 5.65. The van der Waals surface area contributed by atoms with Gasteiger partial charge in [-0.1, -0.05) is 32.9 Å². The second-order valence-corrected chi connectivity index (χ2v) is 4.60. The number of esters is 1. The molecule has 0 aromatic heterocycles. The first kappa shape index (κ1) is 13.2. The molecular formula is C12H22O2. The van der Waals surface area contributed by atoms with Gasteiger partial charge in [-0.25, -0.2) is 0 Å². The fourth-order valence-electron chi connectivity index (χ4n) is 1.02. The standard InChI is InChI=1S/C12H22O2/c1-11(13)14-10-8-6-5-7-9-12(2,3)4/h7,9H,5-6,8,10H2,1-4H3. The minimum absolute atomic E-state index is 0.185. The molecule has 0 radical (unpaired) electrons. The highest BCUT2D eigenvalue weighted by atomic mass is 16.5. The van der Waals surface area contributed by atoms with Gasteiger partial charge in [0.15, 0.2) is 0 Å². The minimum atomic E-state index is -0.185. The Bertz CT molecular complexity index is 187. The lowest BCUT2D eigenvalue weighted by Gasteiger charge is -2.10. The molecule has 0 spiro atoms. The predicted molar refractivity (Wildman–Crippen MR) is 59.1 cm³/mol. The molecule has 0 N–H and O–H groups in total. The molecule has 14 heavy (non-hydrogen) atoms. The fourth-order valence-corrected chi connectivity index (χ4v) is 1.02. The molecule has 2 nitrogen and oxygen atoms in total. The molecule has 0 fully saturated rings. The molecule has 0 bridgehead atoms. The maximum absolute atomic E-state index is 10.4. The van der Waals surface area contributed by atoms with Gasteiger partial charge in [0.2, 0.25) is 0 Å². The Morgan fingerprint density at radius 1 is 1.29 bits per heavy atom. The smallest absolute Gasteiger partial charge is 0.302 e. The number of hydrogen-bond donors (Lipinski definition) is 0. The van der Waals surface area contributed by atoms with Crippen LogP contribution in [0.1, 0.15) is 47.0 Å².